The van der Waals surface area contributed by atoms with Crippen molar-refractivity contribution in [3.05, 3.63) is 28.8 Å². The lowest BCUT2D eigenvalue weighted by molar-refractivity contribution is -0.102. The van der Waals surface area contributed by atoms with Gasteiger partial charge in [0.2, 0.25) is 0 Å². The normalized spacial score (nSPS) is 18.6. The van der Waals surface area contributed by atoms with E-state index >= 15 is 0 Å². The maximum Gasteiger partial charge on any atom is 0.306 e. The van der Waals surface area contributed by atoms with E-state index in [4.69, 9.17) is 20.6 Å². The zero-order valence-corrected chi connectivity index (χ0v) is 11.4. The molecule has 0 fully saturated rings. The van der Waals surface area contributed by atoms with Gasteiger partial charge in [-0.05, 0) is 12.1 Å². The highest BCUT2D eigenvalue weighted by Crippen LogP contribution is 2.38. The molecular formula is C11H10ClNO5S. The lowest BCUT2D eigenvalue weighted by atomic mass is 10.0. The smallest absolute Gasteiger partial charge is 0.306 e. The van der Waals surface area contributed by atoms with Crippen LogP contribution in [-0.2, 0) is 19.8 Å². The molecule has 0 aromatic heterocycles. The number of carbonyl (C=O) groups is 1. The molecule has 19 heavy (non-hydrogen) atoms. The van der Waals surface area contributed by atoms with Crippen molar-refractivity contribution in [3.63, 3.8) is 0 Å². The van der Waals surface area contributed by atoms with Crippen molar-refractivity contribution in [1.29, 1.82) is 0 Å². The third-order valence-electron chi connectivity index (χ3n) is 2.40. The number of hydrogen-bond donors (Lipinski definition) is 0. The number of hydrogen-bond acceptors (Lipinski definition) is 6. The number of benzene rings is 1. The Morgan fingerprint density at radius 1 is 1.53 bits per heavy atom. The maximum absolute atomic E-state index is 11.2. The second kappa shape index (κ2) is 5.18. The van der Waals surface area contributed by atoms with Gasteiger partial charge < -0.3 is 9.02 Å². The van der Waals surface area contributed by atoms with E-state index in [2.05, 4.69) is 5.16 Å². The molecule has 1 aromatic carbocycles. The zero-order chi connectivity index (χ0) is 14.0. The minimum atomic E-state index is -3.69. The Balaban J connectivity index is 2.37. The minimum absolute atomic E-state index is 0.0716. The van der Waals surface area contributed by atoms with Gasteiger partial charge in [-0.1, -0.05) is 22.8 Å². The molecule has 2 rings (SSSR count). The first-order valence-electron chi connectivity index (χ1n) is 5.26. The molecule has 1 aliphatic heterocycles. The molecule has 0 aliphatic carbocycles. The van der Waals surface area contributed by atoms with Gasteiger partial charge in [0.1, 0.15) is 5.71 Å². The molecule has 0 radical (unpaired) electrons. The van der Waals surface area contributed by atoms with Crippen LogP contribution in [0.2, 0.25) is 5.02 Å². The van der Waals surface area contributed by atoms with E-state index in [1.807, 2.05) is 0 Å². The third-order valence-corrected chi connectivity index (χ3v) is 3.22. The molecule has 102 valence electrons. The van der Waals surface area contributed by atoms with Crippen LogP contribution in [0.3, 0.4) is 0 Å². The summed E-state index contributed by atoms with van der Waals surface area (Å²) in [4.78, 5) is 15.7. The van der Waals surface area contributed by atoms with Gasteiger partial charge in [0.05, 0.1) is 16.8 Å². The summed E-state index contributed by atoms with van der Waals surface area (Å²) in [6.07, 6.45) is 1.09. The van der Waals surface area contributed by atoms with Gasteiger partial charge in [0.25, 0.3) is 0 Å². The van der Waals surface area contributed by atoms with Crippen LogP contribution in [0.4, 0.5) is 0 Å². The summed E-state index contributed by atoms with van der Waals surface area (Å²) >= 11 is 6.04. The molecule has 1 unspecified atom stereocenters. The van der Waals surface area contributed by atoms with Crippen molar-refractivity contribution < 1.29 is 22.2 Å². The number of aldehydes is 1. The molecule has 0 saturated carbocycles. The van der Waals surface area contributed by atoms with Crippen LogP contribution in [0.25, 0.3) is 0 Å². The van der Waals surface area contributed by atoms with Crippen LogP contribution >= 0.6 is 11.6 Å². The first kappa shape index (κ1) is 13.8. The lowest BCUT2D eigenvalue weighted by Crippen LogP contribution is -2.10. The average Bonchev–Trinajstić information content (AvgIpc) is 2.75. The molecule has 1 aromatic rings. The Bertz CT molecular complexity index is 640. The van der Waals surface area contributed by atoms with E-state index in [1.165, 1.54) is 6.07 Å². The van der Waals surface area contributed by atoms with Crippen LogP contribution in [0, 0.1) is 0 Å². The van der Waals surface area contributed by atoms with Crippen molar-refractivity contribution in [1.82, 2.24) is 0 Å². The zero-order valence-electron chi connectivity index (χ0n) is 9.87. The lowest BCUT2D eigenvalue weighted by Gasteiger charge is -2.15. The summed E-state index contributed by atoms with van der Waals surface area (Å²) in [6.45, 7) is 0. The fourth-order valence-electron chi connectivity index (χ4n) is 1.69. The Labute approximate surface area is 115 Å². The van der Waals surface area contributed by atoms with Crippen LogP contribution < -0.4 is 4.18 Å². The minimum Gasteiger partial charge on any atom is -0.387 e. The van der Waals surface area contributed by atoms with E-state index in [-0.39, 0.29) is 22.9 Å². The fourth-order valence-corrected chi connectivity index (χ4v) is 2.44. The molecule has 6 nitrogen and oxygen atoms in total. The highest BCUT2D eigenvalue weighted by Gasteiger charge is 2.28. The van der Waals surface area contributed by atoms with Crippen molar-refractivity contribution in [2.24, 2.45) is 5.16 Å². The first-order valence-corrected chi connectivity index (χ1v) is 7.46. The van der Waals surface area contributed by atoms with Crippen LogP contribution in [0.5, 0.6) is 5.75 Å². The number of oxime groups is 1. The average molecular weight is 304 g/mol. The Kier molecular flexibility index (Phi) is 3.77. The topological polar surface area (TPSA) is 82.0 Å². The van der Waals surface area contributed by atoms with Gasteiger partial charge in [0.15, 0.2) is 18.1 Å². The Hall–Kier alpha value is -1.60. The second-order valence-corrected chi connectivity index (χ2v) is 5.92. The van der Waals surface area contributed by atoms with E-state index in [9.17, 15) is 13.2 Å². The summed E-state index contributed by atoms with van der Waals surface area (Å²) < 4.78 is 27.3. The van der Waals surface area contributed by atoms with Crippen LogP contribution in [0.1, 0.15) is 18.1 Å². The summed E-state index contributed by atoms with van der Waals surface area (Å²) in [6, 6.07) is 4.60. The molecule has 1 heterocycles. The van der Waals surface area contributed by atoms with Gasteiger partial charge in [0, 0.05) is 6.42 Å². The number of nitrogens with zero attached hydrogens (tertiary/aromatic N) is 1. The standard InChI is InChI=1S/C11H10ClNO5S/c1-19(15,16)18-9-4-2-3-8(12)11(9)10-5-7(6-14)13-17-10/h2-4,6,10H,5H2,1H3. The van der Waals surface area contributed by atoms with Crippen molar-refractivity contribution >= 4 is 33.7 Å². The maximum atomic E-state index is 11.2. The molecule has 8 heteroatoms. The van der Waals surface area contributed by atoms with Crippen LogP contribution in [0.15, 0.2) is 23.4 Å². The van der Waals surface area contributed by atoms with Crippen molar-refractivity contribution in [2.75, 3.05) is 6.26 Å². The summed E-state index contributed by atoms with van der Waals surface area (Å²) in [5.41, 5.74) is 0.588. The third kappa shape index (κ3) is 3.24. The summed E-state index contributed by atoms with van der Waals surface area (Å²) in [5, 5.41) is 3.86. The quantitative estimate of drug-likeness (QED) is 0.624. The molecular weight excluding hydrogens is 294 g/mol. The van der Waals surface area contributed by atoms with Crippen LogP contribution in [-0.4, -0.2) is 26.7 Å². The highest BCUT2D eigenvalue weighted by molar-refractivity contribution is 7.86. The van der Waals surface area contributed by atoms with E-state index in [0.29, 0.717) is 11.8 Å². The predicted octanol–water partition coefficient (Wildman–Crippen LogP) is 1.69. The molecule has 1 aliphatic rings. The predicted molar refractivity (Wildman–Crippen MR) is 68.9 cm³/mol. The number of rotatable bonds is 4. The monoisotopic (exact) mass is 303 g/mol. The molecule has 0 N–H and O–H groups in total. The van der Waals surface area contributed by atoms with Gasteiger partial charge in [-0.3, -0.25) is 4.79 Å². The molecule has 0 saturated heterocycles. The van der Waals surface area contributed by atoms with E-state index < -0.39 is 16.2 Å². The number of carbonyl (C=O) groups excluding carboxylic acids is 1. The number of halogens is 1. The Morgan fingerprint density at radius 3 is 2.84 bits per heavy atom. The van der Waals surface area contributed by atoms with Gasteiger partial charge in [-0.2, -0.15) is 8.42 Å². The van der Waals surface area contributed by atoms with Gasteiger partial charge in [-0.15, -0.1) is 0 Å². The largest absolute Gasteiger partial charge is 0.387 e. The highest BCUT2D eigenvalue weighted by atomic mass is 35.5. The fraction of sp³-hybridized carbons (Fsp3) is 0.273. The van der Waals surface area contributed by atoms with Gasteiger partial charge in [-0.25, -0.2) is 0 Å². The van der Waals surface area contributed by atoms with E-state index in [0.717, 1.165) is 6.26 Å². The van der Waals surface area contributed by atoms with E-state index in [1.54, 1.807) is 12.1 Å². The molecule has 0 spiro atoms. The SMILES string of the molecule is CS(=O)(=O)Oc1cccc(Cl)c1C1CC(C=O)=NO1. The molecule has 0 amide bonds. The van der Waals surface area contributed by atoms with Crippen molar-refractivity contribution in [3.8, 4) is 5.75 Å². The summed E-state index contributed by atoms with van der Waals surface area (Å²) in [5.74, 6) is 0.0716. The summed E-state index contributed by atoms with van der Waals surface area (Å²) in [7, 11) is -3.69. The van der Waals surface area contributed by atoms with Gasteiger partial charge >= 0.3 is 10.1 Å². The Morgan fingerprint density at radius 2 is 2.26 bits per heavy atom. The first-order chi connectivity index (χ1) is 8.90. The molecule has 0 bridgehead atoms. The molecule has 1 atom stereocenters. The second-order valence-electron chi connectivity index (χ2n) is 3.94. The van der Waals surface area contributed by atoms with Crippen molar-refractivity contribution in [2.45, 2.75) is 12.5 Å².